The van der Waals surface area contributed by atoms with E-state index in [9.17, 15) is 10.1 Å². The van der Waals surface area contributed by atoms with Crippen molar-refractivity contribution in [3.63, 3.8) is 0 Å². The van der Waals surface area contributed by atoms with Crippen molar-refractivity contribution >= 4 is 23.0 Å². The molecule has 5 nitrogen and oxygen atoms in total. The lowest BCUT2D eigenvalue weighted by Gasteiger charge is -2.38. The molecule has 1 heterocycles. The number of ether oxygens (including phenoxy) is 1. The molecule has 0 aliphatic carbocycles. The first kappa shape index (κ1) is 12.1. The van der Waals surface area contributed by atoms with Gasteiger partial charge in [0.15, 0.2) is 0 Å². The van der Waals surface area contributed by atoms with Crippen molar-refractivity contribution in [3.8, 4) is 0 Å². The van der Waals surface area contributed by atoms with Crippen LogP contribution >= 0.6 is 11.6 Å². The minimum Gasteiger partial charge on any atom is -0.380 e. The lowest BCUT2D eigenvalue weighted by molar-refractivity contribution is -0.384. The van der Waals surface area contributed by atoms with Gasteiger partial charge in [-0.25, -0.2) is 0 Å². The molecule has 1 saturated heterocycles. The monoisotopic (exact) mass is 256 g/mol. The van der Waals surface area contributed by atoms with Gasteiger partial charge in [-0.05, 0) is 12.1 Å². The average molecular weight is 257 g/mol. The fourth-order valence-corrected chi connectivity index (χ4v) is 1.84. The average Bonchev–Trinajstić information content (AvgIpc) is 2.23. The first-order valence-electron chi connectivity index (χ1n) is 5.26. The molecule has 0 saturated carbocycles. The zero-order valence-corrected chi connectivity index (χ0v) is 10.2. The van der Waals surface area contributed by atoms with Crippen LogP contribution in [-0.4, -0.2) is 24.7 Å². The third kappa shape index (κ3) is 2.68. The molecule has 0 atom stereocenters. The summed E-state index contributed by atoms with van der Waals surface area (Å²) >= 11 is 5.83. The van der Waals surface area contributed by atoms with Gasteiger partial charge in [-0.2, -0.15) is 0 Å². The molecule has 1 fully saturated rings. The molecular weight excluding hydrogens is 244 g/mol. The van der Waals surface area contributed by atoms with E-state index < -0.39 is 4.92 Å². The number of anilines is 1. The fraction of sp³-hybridized carbons (Fsp3) is 0.455. The van der Waals surface area contributed by atoms with Crippen molar-refractivity contribution in [2.45, 2.75) is 6.92 Å². The molecule has 2 rings (SSSR count). The summed E-state index contributed by atoms with van der Waals surface area (Å²) in [6.07, 6.45) is 0. The molecule has 0 unspecified atom stereocenters. The standard InChI is InChI=1S/C11H13ClN2O3/c1-11(6-17-7-11)5-13-9-4-8(12)2-3-10(9)14(15)16/h2-4,13H,5-7H2,1H3. The maximum Gasteiger partial charge on any atom is 0.292 e. The van der Waals surface area contributed by atoms with Gasteiger partial charge in [-0.3, -0.25) is 10.1 Å². The second kappa shape index (κ2) is 4.50. The van der Waals surface area contributed by atoms with Crippen LogP contribution in [0.15, 0.2) is 18.2 Å². The minimum atomic E-state index is -0.418. The molecule has 1 aromatic carbocycles. The van der Waals surface area contributed by atoms with Crippen LogP contribution in [0.4, 0.5) is 11.4 Å². The van der Waals surface area contributed by atoms with Gasteiger partial charge >= 0.3 is 0 Å². The second-order valence-electron chi connectivity index (χ2n) is 4.58. The Bertz CT molecular complexity index is 446. The number of nitrogens with zero attached hydrogens (tertiary/aromatic N) is 1. The first-order valence-corrected chi connectivity index (χ1v) is 5.64. The summed E-state index contributed by atoms with van der Waals surface area (Å²) in [6.45, 7) is 4.05. The quantitative estimate of drug-likeness (QED) is 0.664. The zero-order valence-electron chi connectivity index (χ0n) is 9.40. The van der Waals surface area contributed by atoms with Gasteiger partial charge in [0, 0.05) is 23.0 Å². The van der Waals surface area contributed by atoms with Crippen LogP contribution in [0.1, 0.15) is 6.92 Å². The van der Waals surface area contributed by atoms with E-state index in [0.717, 1.165) is 0 Å². The largest absolute Gasteiger partial charge is 0.380 e. The highest BCUT2D eigenvalue weighted by Crippen LogP contribution is 2.31. The van der Waals surface area contributed by atoms with Crippen LogP contribution in [0.2, 0.25) is 5.02 Å². The molecule has 0 aromatic heterocycles. The van der Waals surface area contributed by atoms with E-state index >= 15 is 0 Å². The summed E-state index contributed by atoms with van der Waals surface area (Å²) in [4.78, 5) is 10.4. The topological polar surface area (TPSA) is 64.4 Å². The molecule has 0 amide bonds. The first-order chi connectivity index (χ1) is 8.00. The maximum atomic E-state index is 10.8. The predicted octanol–water partition coefficient (Wildman–Crippen LogP) is 2.70. The number of nitrogens with one attached hydrogen (secondary N) is 1. The molecule has 17 heavy (non-hydrogen) atoms. The van der Waals surface area contributed by atoms with Gasteiger partial charge in [-0.15, -0.1) is 0 Å². The van der Waals surface area contributed by atoms with E-state index in [2.05, 4.69) is 12.2 Å². The summed E-state index contributed by atoms with van der Waals surface area (Å²) in [6, 6.07) is 4.49. The summed E-state index contributed by atoms with van der Waals surface area (Å²) in [5.41, 5.74) is 0.546. The molecule has 1 N–H and O–H groups in total. The van der Waals surface area contributed by atoms with Gasteiger partial charge in [0.1, 0.15) is 5.69 Å². The Hall–Kier alpha value is -1.33. The highest BCUT2D eigenvalue weighted by Gasteiger charge is 2.33. The van der Waals surface area contributed by atoms with E-state index in [1.54, 1.807) is 6.07 Å². The summed E-state index contributed by atoms with van der Waals surface area (Å²) < 4.78 is 5.13. The Balaban J connectivity index is 2.13. The Morgan fingerprint density at radius 2 is 2.29 bits per heavy atom. The van der Waals surface area contributed by atoms with Crippen molar-refractivity contribution < 1.29 is 9.66 Å². The number of hydrogen-bond acceptors (Lipinski definition) is 4. The van der Waals surface area contributed by atoms with E-state index in [0.29, 0.717) is 30.5 Å². The van der Waals surface area contributed by atoms with E-state index in [1.165, 1.54) is 12.1 Å². The van der Waals surface area contributed by atoms with Crippen molar-refractivity contribution in [1.29, 1.82) is 0 Å². The lowest BCUT2D eigenvalue weighted by Crippen LogP contribution is -2.45. The van der Waals surface area contributed by atoms with Crippen molar-refractivity contribution in [2.75, 3.05) is 25.1 Å². The van der Waals surface area contributed by atoms with E-state index in [-0.39, 0.29) is 11.1 Å². The zero-order chi connectivity index (χ0) is 12.5. The summed E-state index contributed by atoms with van der Waals surface area (Å²) in [7, 11) is 0. The van der Waals surface area contributed by atoms with E-state index in [4.69, 9.17) is 16.3 Å². The maximum absolute atomic E-state index is 10.8. The summed E-state index contributed by atoms with van der Waals surface area (Å²) in [5, 5.41) is 14.4. The fourth-order valence-electron chi connectivity index (χ4n) is 1.67. The number of nitro benzene ring substituents is 1. The minimum absolute atomic E-state index is 0.0400. The van der Waals surface area contributed by atoms with Crippen LogP contribution in [0.5, 0.6) is 0 Å². The number of halogens is 1. The molecule has 92 valence electrons. The predicted molar refractivity (Wildman–Crippen MR) is 65.5 cm³/mol. The smallest absolute Gasteiger partial charge is 0.292 e. The van der Waals surface area contributed by atoms with Crippen molar-refractivity contribution in [2.24, 2.45) is 5.41 Å². The van der Waals surface area contributed by atoms with Crippen LogP contribution in [0, 0.1) is 15.5 Å². The van der Waals surface area contributed by atoms with Crippen LogP contribution in [-0.2, 0) is 4.74 Å². The van der Waals surface area contributed by atoms with Gasteiger partial charge in [-0.1, -0.05) is 18.5 Å². The highest BCUT2D eigenvalue weighted by atomic mass is 35.5. The number of benzene rings is 1. The van der Waals surface area contributed by atoms with Gasteiger partial charge in [0.25, 0.3) is 5.69 Å². The van der Waals surface area contributed by atoms with Crippen LogP contribution in [0.3, 0.4) is 0 Å². The molecule has 1 aliphatic heterocycles. The molecule has 0 radical (unpaired) electrons. The number of nitro groups is 1. The Morgan fingerprint density at radius 1 is 1.59 bits per heavy atom. The molecule has 0 spiro atoms. The van der Waals surface area contributed by atoms with Crippen LogP contribution in [0.25, 0.3) is 0 Å². The second-order valence-corrected chi connectivity index (χ2v) is 5.01. The Labute approximate surface area is 104 Å². The highest BCUT2D eigenvalue weighted by molar-refractivity contribution is 6.31. The molecule has 0 bridgehead atoms. The molecule has 1 aliphatic rings. The molecular formula is C11H13ClN2O3. The third-order valence-corrected chi connectivity index (χ3v) is 3.00. The van der Waals surface area contributed by atoms with Crippen LogP contribution < -0.4 is 5.32 Å². The number of rotatable bonds is 4. The van der Waals surface area contributed by atoms with Gasteiger partial charge in [0.2, 0.25) is 0 Å². The normalized spacial score (nSPS) is 17.3. The SMILES string of the molecule is CC1(CNc2cc(Cl)ccc2[N+](=O)[O-])COC1. The van der Waals surface area contributed by atoms with Crippen molar-refractivity contribution in [1.82, 2.24) is 0 Å². The Morgan fingerprint density at radius 3 is 2.82 bits per heavy atom. The van der Waals surface area contributed by atoms with E-state index in [1.807, 2.05) is 0 Å². The number of hydrogen-bond donors (Lipinski definition) is 1. The molecule has 1 aromatic rings. The third-order valence-electron chi connectivity index (χ3n) is 2.76. The van der Waals surface area contributed by atoms with Crippen molar-refractivity contribution in [3.05, 3.63) is 33.3 Å². The summed E-state index contributed by atoms with van der Waals surface area (Å²) in [5.74, 6) is 0. The van der Waals surface area contributed by atoms with Gasteiger partial charge < -0.3 is 10.1 Å². The Kier molecular flexibility index (Phi) is 3.22. The van der Waals surface area contributed by atoms with Gasteiger partial charge in [0.05, 0.1) is 18.1 Å². The lowest BCUT2D eigenvalue weighted by atomic mass is 9.88. The molecule has 6 heteroatoms.